The highest BCUT2D eigenvalue weighted by atomic mass is 32.2. The van der Waals surface area contributed by atoms with Crippen LogP contribution in [0.4, 0.5) is 0 Å². The summed E-state index contributed by atoms with van der Waals surface area (Å²) >= 11 is 0. The average Bonchev–Trinajstić information content (AvgIpc) is 3.24. The standard InChI is InChI=1S/C25H31N3O3S/c1-2-16-32(30,31)28-15-9-8-14-24(28)25(29)27-17-21(19-10-4-3-5-11-19)22-18-26-23-13-7-6-12-20(22)23/h3-7,10-13,18,21,24,26H,2,8-9,14-17H2,1H3,(H,27,29)/t21-,24-/m0/s1. The zero-order chi connectivity index (χ0) is 22.6. The molecule has 0 aliphatic carbocycles. The first-order chi connectivity index (χ1) is 15.5. The van der Waals surface area contributed by atoms with Crippen molar-refractivity contribution in [1.29, 1.82) is 0 Å². The van der Waals surface area contributed by atoms with Gasteiger partial charge in [0, 0.05) is 36.1 Å². The van der Waals surface area contributed by atoms with Crippen LogP contribution in [-0.4, -0.2) is 48.5 Å². The molecule has 2 N–H and O–H groups in total. The highest BCUT2D eigenvalue weighted by molar-refractivity contribution is 7.89. The number of benzene rings is 2. The number of aromatic amines is 1. The Morgan fingerprint density at radius 1 is 1.12 bits per heavy atom. The van der Waals surface area contributed by atoms with Gasteiger partial charge >= 0.3 is 0 Å². The molecule has 0 bridgehead atoms. The van der Waals surface area contributed by atoms with Crippen LogP contribution in [0.2, 0.25) is 0 Å². The molecular weight excluding hydrogens is 422 g/mol. The van der Waals surface area contributed by atoms with Gasteiger partial charge in [0.25, 0.3) is 0 Å². The summed E-state index contributed by atoms with van der Waals surface area (Å²) in [6.07, 6.45) is 4.78. The maximum Gasteiger partial charge on any atom is 0.238 e. The van der Waals surface area contributed by atoms with Gasteiger partial charge in [0.15, 0.2) is 0 Å². The topological polar surface area (TPSA) is 82.3 Å². The van der Waals surface area contributed by atoms with Crippen molar-refractivity contribution >= 4 is 26.8 Å². The molecule has 0 unspecified atom stereocenters. The summed E-state index contributed by atoms with van der Waals surface area (Å²) in [6.45, 7) is 2.68. The van der Waals surface area contributed by atoms with E-state index in [1.54, 1.807) is 0 Å². The van der Waals surface area contributed by atoms with Gasteiger partial charge in [-0.15, -0.1) is 0 Å². The molecule has 2 heterocycles. The van der Waals surface area contributed by atoms with E-state index < -0.39 is 16.1 Å². The highest BCUT2D eigenvalue weighted by Crippen LogP contribution is 2.30. The quantitative estimate of drug-likeness (QED) is 0.541. The average molecular weight is 454 g/mol. The van der Waals surface area contributed by atoms with Crippen LogP contribution in [0.1, 0.15) is 49.7 Å². The van der Waals surface area contributed by atoms with Crippen LogP contribution in [0, 0.1) is 0 Å². The normalized spacial score (nSPS) is 18.5. The van der Waals surface area contributed by atoms with E-state index in [2.05, 4.69) is 28.5 Å². The van der Waals surface area contributed by atoms with Gasteiger partial charge in [-0.25, -0.2) is 8.42 Å². The summed E-state index contributed by atoms with van der Waals surface area (Å²) < 4.78 is 26.9. The Bertz CT molecular complexity index is 1160. The summed E-state index contributed by atoms with van der Waals surface area (Å²) in [5.41, 5.74) is 3.28. The number of piperidine rings is 1. The van der Waals surface area contributed by atoms with Gasteiger partial charge in [-0.05, 0) is 36.5 Å². The van der Waals surface area contributed by atoms with Crippen molar-refractivity contribution in [2.24, 2.45) is 0 Å². The van der Waals surface area contributed by atoms with E-state index in [-0.39, 0.29) is 17.6 Å². The van der Waals surface area contributed by atoms with Gasteiger partial charge in [-0.1, -0.05) is 61.9 Å². The van der Waals surface area contributed by atoms with E-state index >= 15 is 0 Å². The van der Waals surface area contributed by atoms with Crippen molar-refractivity contribution in [3.8, 4) is 0 Å². The van der Waals surface area contributed by atoms with Crippen molar-refractivity contribution in [3.63, 3.8) is 0 Å². The lowest BCUT2D eigenvalue weighted by atomic mass is 9.90. The van der Waals surface area contributed by atoms with Gasteiger partial charge in [0.05, 0.1) is 5.75 Å². The molecule has 1 aliphatic heterocycles. The number of H-pyrrole nitrogens is 1. The number of hydrogen-bond acceptors (Lipinski definition) is 3. The first kappa shape index (κ1) is 22.6. The second-order valence-electron chi connectivity index (χ2n) is 8.44. The van der Waals surface area contributed by atoms with Crippen molar-refractivity contribution in [3.05, 3.63) is 71.9 Å². The van der Waals surface area contributed by atoms with Gasteiger partial charge in [0.1, 0.15) is 6.04 Å². The number of nitrogens with one attached hydrogen (secondary N) is 2. The van der Waals surface area contributed by atoms with Crippen LogP contribution in [0.15, 0.2) is 60.8 Å². The van der Waals surface area contributed by atoms with E-state index in [1.807, 2.05) is 49.5 Å². The number of amides is 1. The van der Waals surface area contributed by atoms with E-state index in [0.717, 1.165) is 34.9 Å². The molecule has 7 heteroatoms. The number of aromatic nitrogens is 1. The second kappa shape index (κ2) is 9.88. The van der Waals surface area contributed by atoms with Crippen molar-refractivity contribution in [1.82, 2.24) is 14.6 Å². The van der Waals surface area contributed by atoms with Crippen LogP contribution in [0.25, 0.3) is 10.9 Å². The molecular formula is C25H31N3O3S. The Hall–Kier alpha value is -2.64. The van der Waals surface area contributed by atoms with E-state index in [1.165, 1.54) is 4.31 Å². The molecule has 1 aromatic heterocycles. The minimum absolute atomic E-state index is 0.0411. The predicted octanol–water partition coefficient (Wildman–Crippen LogP) is 4.01. The van der Waals surface area contributed by atoms with Gasteiger partial charge < -0.3 is 10.3 Å². The lowest BCUT2D eigenvalue weighted by Crippen LogP contribution is -2.52. The lowest BCUT2D eigenvalue weighted by Gasteiger charge is -2.34. The fourth-order valence-electron chi connectivity index (χ4n) is 4.67. The third-order valence-electron chi connectivity index (χ3n) is 6.25. The molecule has 2 atom stereocenters. The molecule has 1 saturated heterocycles. The minimum atomic E-state index is -3.42. The van der Waals surface area contributed by atoms with Crippen molar-refractivity contribution < 1.29 is 13.2 Å². The first-order valence-electron chi connectivity index (χ1n) is 11.4. The molecule has 170 valence electrons. The Kier molecular flexibility index (Phi) is 6.96. The molecule has 1 fully saturated rings. The van der Waals surface area contributed by atoms with Gasteiger partial charge in [-0.3, -0.25) is 4.79 Å². The van der Waals surface area contributed by atoms with Gasteiger partial charge in [-0.2, -0.15) is 4.31 Å². The number of fused-ring (bicyclic) bond motifs is 1. The third-order valence-corrected chi connectivity index (χ3v) is 8.33. The zero-order valence-electron chi connectivity index (χ0n) is 18.5. The maximum absolute atomic E-state index is 13.2. The van der Waals surface area contributed by atoms with Crippen molar-refractivity contribution in [2.75, 3.05) is 18.8 Å². The number of para-hydroxylation sites is 1. The summed E-state index contributed by atoms with van der Waals surface area (Å²) in [7, 11) is -3.42. The Morgan fingerprint density at radius 2 is 1.88 bits per heavy atom. The van der Waals surface area contributed by atoms with Crippen LogP contribution >= 0.6 is 0 Å². The minimum Gasteiger partial charge on any atom is -0.361 e. The molecule has 2 aromatic carbocycles. The second-order valence-corrected chi connectivity index (χ2v) is 10.5. The Balaban J connectivity index is 1.57. The zero-order valence-corrected chi connectivity index (χ0v) is 19.3. The molecule has 6 nitrogen and oxygen atoms in total. The Labute approximate surface area is 190 Å². The highest BCUT2D eigenvalue weighted by Gasteiger charge is 2.36. The number of sulfonamides is 1. The van der Waals surface area contributed by atoms with Crippen LogP contribution < -0.4 is 5.32 Å². The molecule has 4 rings (SSSR count). The molecule has 3 aromatic rings. The van der Waals surface area contributed by atoms with Gasteiger partial charge in [0.2, 0.25) is 15.9 Å². The molecule has 1 amide bonds. The predicted molar refractivity (Wildman–Crippen MR) is 128 cm³/mol. The molecule has 0 radical (unpaired) electrons. The number of carbonyl (C=O) groups excluding carboxylic acids is 1. The monoisotopic (exact) mass is 453 g/mol. The summed E-state index contributed by atoms with van der Waals surface area (Å²) in [5.74, 6) is -0.163. The number of rotatable bonds is 8. The largest absolute Gasteiger partial charge is 0.361 e. The summed E-state index contributed by atoms with van der Waals surface area (Å²) in [4.78, 5) is 16.5. The smallest absolute Gasteiger partial charge is 0.238 e. The molecule has 0 spiro atoms. The fraction of sp³-hybridized carbons (Fsp3) is 0.400. The molecule has 1 aliphatic rings. The number of nitrogens with zero attached hydrogens (tertiary/aromatic N) is 1. The summed E-state index contributed by atoms with van der Waals surface area (Å²) in [6, 6.07) is 17.6. The number of hydrogen-bond donors (Lipinski definition) is 2. The van der Waals surface area contributed by atoms with E-state index in [0.29, 0.717) is 25.9 Å². The molecule has 32 heavy (non-hydrogen) atoms. The van der Waals surface area contributed by atoms with E-state index in [4.69, 9.17) is 0 Å². The first-order valence-corrected chi connectivity index (χ1v) is 13.0. The lowest BCUT2D eigenvalue weighted by molar-refractivity contribution is -0.125. The van der Waals surface area contributed by atoms with E-state index in [9.17, 15) is 13.2 Å². The van der Waals surface area contributed by atoms with Crippen LogP contribution in [0.5, 0.6) is 0 Å². The van der Waals surface area contributed by atoms with Crippen molar-refractivity contribution in [2.45, 2.75) is 44.6 Å². The third kappa shape index (κ3) is 4.74. The summed E-state index contributed by atoms with van der Waals surface area (Å²) in [5, 5.41) is 4.21. The fourth-order valence-corrected chi connectivity index (χ4v) is 6.42. The maximum atomic E-state index is 13.2. The van der Waals surface area contributed by atoms with Crippen LogP contribution in [-0.2, 0) is 14.8 Å². The Morgan fingerprint density at radius 3 is 2.66 bits per heavy atom. The number of carbonyl (C=O) groups is 1. The molecule has 0 saturated carbocycles. The van der Waals surface area contributed by atoms with Crippen LogP contribution in [0.3, 0.4) is 0 Å². The SMILES string of the molecule is CCCS(=O)(=O)N1CCCC[C@H]1C(=O)NC[C@@H](c1ccccc1)c1c[nH]c2ccccc12.